The van der Waals surface area contributed by atoms with E-state index in [4.69, 9.17) is 0 Å². The Labute approximate surface area is 109 Å². The molecule has 1 aromatic rings. The molecule has 1 rings (SSSR count). The second-order valence-electron chi connectivity index (χ2n) is 3.13. The van der Waals surface area contributed by atoms with Crippen LogP contribution in [-0.4, -0.2) is 0 Å². The van der Waals surface area contributed by atoms with E-state index in [0.717, 1.165) is 0 Å². The van der Waals surface area contributed by atoms with Crippen molar-refractivity contribution in [1.82, 2.24) is 0 Å². The molecule has 1 aromatic carbocycles. The maximum Gasteiger partial charge on any atom is 0.417 e. The highest BCUT2D eigenvalue weighted by Gasteiger charge is 2.40. The lowest BCUT2D eigenvalue weighted by Crippen LogP contribution is -2.13. The number of rotatable bonds is 1. The quantitative estimate of drug-likeness (QED) is 0.449. The Morgan fingerprint density at radius 2 is 1.24 bits per heavy atom. The van der Waals surface area contributed by atoms with Gasteiger partial charge in [-0.05, 0) is 33.6 Å². The third-order valence-electron chi connectivity index (χ3n) is 1.90. The predicted octanol–water partition coefficient (Wildman–Crippen LogP) is 5.38. The highest BCUT2D eigenvalue weighted by atomic mass is 79.9. The smallest absolute Gasteiger partial charge is 0.166 e. The first-order valence-corrected chi connectivity index (χ1v) is 6.01. The van der Waals surface area contributed by atoms with Gasteiger partial charge in [-0.1, -0.05) is 15.9 Å². The van der Waals surface area contributed by atoms with Crippen molar-refractivity contribution in [2.24, 2.45) is 0 Å². The Morgan fingerprint density at radius 3 is 1.47 bits per heavy atom. The highest BCUT2D eigenvalue weighted by molar-refractivity contribution is 9.10. The normalized spacial score (nSPS) is 12.9. The molecule has 0 N–H and O–H groups in total. The van der Waals surface area contributed by atoms with Gasteiger partial charge in [0, 0.05) is 9.80 Å². The van der Waals surface area contributed by atoms with E-state index in [0.29, 0.717) is 12.1 Å². The molecule has 0 radical (unpaired) electrons. The van der Waals surface area contributed by atoms with Gasteiger partial charge < -0.3 is 0 Å². The van der Waals surface area contributed by atoms with Crippen molar-refractivity contribution in [2.75, 3.05) is 0 Å². The summed E-state index contributed by atoms with van der Waals surface area (Å²) in [6, 6.07) is 1.35. The molecule has 0 spiro atoms. The largest absolute Gasteiger partial charge is 0.417 e. The van der Waals surface area contributed by atoms with E-state index in [-0.39, 0.29) is 10.9 Å². The first-order chi connectivity index (χ1) is 7.57. The van der Waals surface area contributed by atoms with Gasteiger partial charge in [0.1, 0.15) is 0 Å². The van der Waals surface area contributed by atoms with Gasteiger partial charge in [0.15, 0.2) is 0 Å². The molecule has 0 atom stereocenters. The van der Waals surface area contributed by atoms with Crippen LogP contribution in [0, 0.1) is 0 Å². The van der Waals surface area contributed by atoms with Gasteiger partial charge in [-0.15, -0.1) is 0 Å². The first-order valence-electron chi connectivity index (χ1n) is 4.10. The minimum Gasteiger partial charge on any atom is -0.166 e. The first kappa shape index (κ1) is 14.8. The molecule has 0 aliphatic heterocycles. The van der Waals surface area contributed by atoms with E-state index in [2.05, 4.69) is 31.9 Å². The van der Waals surface area contributed by atoms with Crippen molar-refractivity contribution < 1.29 is 26.3 Å². The molecule has 0 bridgehead atoms. The number of hydrogen-bond donors (Lipinski definition) is 0. The van der Waals surface area contributed by atoms with Gasteiger partial charge in [-0.3, -0.25) is 0 Å². The van der Waals surface area contributed by atoms with Crippen LogP contribution in [0.3, 0.4) is 0 Å². The lowest BCUT2D eigenvalue weighted by atomic mass is 10.1. The molecule has 96 valence electrons. The average molecular weight is 386 g/mol. The molecule has 0 fully saturated rings. The van der Waals surface area contributed by atoms with E-state index in [1.54, 1.807) is 0 Å². The maximum atomic E-state index is 12.5. The van der Waals surface area contributed by atoms with E-state index in [1.165, 1.54) is 0 Å². The Kier molecular flexibility index (Phi) is 4.18. The fraction of sp³-hybridized carbons (Fsp3) is 0.333. The molecule has 0 aliphatic rings. The molecule has 0 aliphatic carbocycles. The molecular formula is C9H4Br2F6. The van der Waals surface area contributed by atoms with Crippen molar-refractivity contribution in [3.05, 3.63) is 33.3 Å². The second kappa shape index (κ2) is 4.79. The topological polar surface area (TPSA) is 0 Å². The van der Waals surface area contributed by atoms with E-state index < -0.39 is 28.0 Å². The molecule has 0 unspecified atom stereocenters. The molecule has 8 heteroatoms. The van der Waals surface area contributed by atoms with E-state index in [9.17, 15) is 26.3 Å². The summed E-state index contributed by atoms with van der Waals surface area (Å²) in [5.41, 5.74) is -2.75. The zero-order valence-electron chi connectivity index (χ0n) is 7.89. The summed E-state index contributed by atoms with van der Waals surface area (Å²) in [5.74, 6) is 0. The number of halogens is 8. The summed E-state index contributed by atoms with van der Waals surface area (Å²) >= 11 is 5.19. The maximum absolute atomic E-state index is 12.5. The van der Waals surface area contributed by atoms with Crippen LogP contribution in [0.5, 0.6) is 0 Å². The molecule has 17 heavy (non-hydrogen) atoms. The molecule has 0 saturated carbocycles. The van der Waals surface area contributed by atoms with Gasteiger partial charge in [0.2, 0.25) is 0 Å². The van der Waals surface area contributed by atoms with Crippen molar-refractivity contribution >= 4 is 31.9 Å². The predicted molar refractivity (Wildman–Crippen MR) is 56.8 cm³/mol. The standard InChI is InChI=1S/C9H4Br2F6/c10-3-4-1-5(8(12,13)14)7(11)6(2-4)9(15,16)17/h1-2H,3H2. The van der Waals surface area contributed by atoms with Crippen LogP contribution >= 0.6 is 31.9 Å². The summed E-state index contributed by atoms with van der Waals surface area (Å²) in [7, 11) is 0. The minimum absolute atomic E-state index is 0.0900. The van der Waals surface area contributed by atoms with Crippen LogP contribution in [0.2, 0.25) is 0 Å². The lowest BCUT2D eigenvalue weighted by molar-refractivity contribution is -0.144. The third-order valence-corrected chi connectivity index (χ3v) is 3.40. The van der Waals surface area contributed by atoms with Gasteiger partial charge in [-0.2, -0.15) is 26.3 Å². The van der Waals surface area contributed by atoms with Crippen LogP contribution in [0.4, 0.5) is 26.3 Å². The number of hydrogen-bond acceptors (Lipinski definition) is 0. The summed E-state index contributed by atoms with van der Waals surface area (Å²) in [5, 5.41) is -0.0908. The number of alkyl halides is 7. The molecule has 0 aromatic heterocycles. The fourth-order valence-electron chi connectivity index (χ4n) is 1.17. The van der Waals surface area contributed by atoms with Crippen LogP contribution < -0.4 is 0 Å². The monoisotopic (exact) mass is 384 g/mol. The second-order valence-corrected chi connectivity index (χ2v) is 4.49. The van der Waals surface area contributed by atoms with Crippen molar-refractivity contribution in [3.8, 4) is 0 Å². The van der Waals surface area contributed by atoms with Crippen molar-refractivity contribution in [1.29, 1.82) is 0 Å². The summed E-state index contributed by atoms with van der Waals surface area (Å²) in [6.07, 6.45) is -9.67. The van der Waals surface area contributed by atoms with Gasteiger partial charge in [0.05, 0.1) is 11.1 Å². The van der Waals surface area contributed by atoms with Gasteiger partial charge in [-0.25, -0.2) is 0 Å². The molecule has 0 saturated heterocycles. The SMILES string of the molecule is FC(F)(F)c1cc(CBr)cc(C(F)(F)F)c1Br. The molecule has 0 nitrogen and oxygen atoms in total. The highest BCUT2D eigenvalue weighted by Crippen LogP contribution is 2.43. The zero-order valence-corrected chi connectivity index (χ0v) is 11.1. The van der Waals surface area contributed by atoms with Crippen LogP contribution in [0.25, 0.3) is 0 Å². The third kappa shape index (κ3) is 3.37. The van der Waals surface area contributed by atoms with E-state index in [1.807, 2.05) is 0 Å². The molecular weight excluding hydrogens is 382 g/mol. The van der Waals surface area contributed by atoms with Crippen LogP contribution in [0.15, 0.2) is 16.6 Å². The van der Waals surface area contributed by atoms with Gasteiger partial charge >= 0.3 is 12.4 Å². The van der Waals surface area contributed by atoms with Crippen LogP contribution in [-0.2, 0) is 17.7 Å². The Balaban J connectivity index is 3.53. The van der Waals surface area contributed by atoms with Crippen LogP contribution in [0.1, 0.15) is 16.7 Å². The summed E-state index contributed by atoms with van der Waals surface area (Å²) in [4.78, 5) is 0. The minimum atomic E-state index is -4.84. The van der Waals surface area contributed by atoms with Crippen molar-refractivity contribution in [3.63, 3.8) is 0 Å². The van der Waals surface area contributed by atoms with E-state index >= 15 is 0 Å². The molecule has 0 heterocycles. The summed E-state index contributed by atoms with van der Waals surface area (Å²) < 4.78 is 74.1. The number of benzene rings is 1. The Bertz CT molecular complexity index is 385. The Hall–Kier alpha value is -0.240. The molecule has 0 amide bonds. The zero-order chi connectivity index (χ0) is 13.4. The fourth-order valence-corrected chi connectivity index (χ4v) is 2.18. The Morgan fingerprint density at radius 1 is 0.882 bits per heavy atom. The van der Waals surface area contributed by atoms with Crippen molar-refractivity contribution in [2.45, 2.75) is 17.7 Å². The lowest BCUT2D eigenvalue weighted by Gasteiger charge is -2.16. The summed E-state index contributed by atoms with van der Waals surface area (Å²) in [6.45, 7) is 0. The van der Waals surface area contributed by atoms with Gasteiger partial charge in [0.25, 0.3) is 0 Å². The average Bonchev–Trinajstić information content (AvgIpc) is 2.14.